The van der Waals surface area contributed by atoms with Crippen LogP contribution in [-0.4, -0.2) is 10.1 Å². The quantitative estimate of drug-likeness (QED) is 0.346. The van der Waals surface area contributed by atoms with Crippen molar-refractivity contribution in [3.05, 3.63) is 38.9 Å². The van der Waals surface area contributed by atoms with E-state index in [-0.39, 0.29) is 17.3 Å². The van der Waals surface area contributed by atoms with Crippen LogP contribution in [-0.2, 0) is 6.54 Å². The molecular formula is C8H5ClN2O2S. The Morgan fingerprint density at radius 2 is 2.36 bits per heavy atom. The highest BCUT2D eigenvalue weighted by molar-refractivity contribution is 7.78. The zero-order valence-corrected chi connectivity index (χ0v) is 8.51. The Morgan fingerprint density at radius 1 is 1.64 bits per heavy atom. The molecule has 0 spiro atoms. The van der Waals surface area contributed by atoms with Crippen LogP contribution in [0.1, 0.15) is 5.56 Å². The minimum absolute atomic E-state index is 0.116. The van der Waals surface area contributed by atoms with Crippen molar-refractivity contribution in [2.24, 2.45) is 4.99 Å². The molecule has 0 saturated carbocycles. The summed E-state index contributed by atoms with van der Waals surface area (Å²) in [6, 6.07) is 4.50. The first-order valence-corrected chi connectivity index (χ1v) is 4.40. The minimum atomic E-state index is -0.535. The summed E-state index contributed by atoms with van der Waals surface area (Å²) in [5.41, 5.74) is 0.558. The fourth-order valence-corrected chi connectivity index (χ4v) is 1.17. The number of rotatable bonds is 3. The van der Waals surface area contributed by atoms with E-state index in [0.717, 1.165) is 0 Å². The first-order chi connectivity index (χ1) is 6.65. The molecule has 1 aromatic rings. The van der Waals surface area contributed by atoms with Gasteiger partial charge in [-0.15, -0.1) is 0 Å². The average Bonchev–Trinajstić information content (AvgIpc) is 2.16. The highest BCUT2D eigenvalue weighted by atomic mass is 35.5. The van der Waals surface area contributed by atoms with Crippen molar-refractivity contribution in [2.75, 3.05) is 0 Å². The minimum Gasteiger partial charge on any atom is -0.258 e. The SMILES string of the molecule is O=[N+]([O-])c1cc(CN=C=S)ccc1Cl. The number of isothiocyanates is 1. The molecule has 0 aliphatic rings. The zero-order valence-electron chi connectivity index (χ0n) is 6.94. The van der Waals surface area contributed by atoms with Crippen molar-refractivity contribution >= 4 is 34.7 Å². The van der Waals surface area contributed by atoms with E-state index in [2.05, 4.69) is 22.4 Å². The number of nitro benzene ring substituents is 1. The second-order valence-electron chi connectivity index (χ2n) is 2.45. The molecule has 0 radical (unpaired) electrons. The van der Waals surface area contributed by atoms with E-state index in [4.69, 9.17) is 11.6 Å². The van der Waals surface area contributed by atoms with Gasteiger partial charge in [-0.3, -0.25) is 10.1 Å². The highest BCUT2D eigenvalue weighted by Gasteiger charge is 2.11. The maximum absolute atomic E-state index is 10.5. The first-order valence-electron chi connectivity index (χ1n) is 3.61. The molecule has 0 aliphatic carbocycles. The summed E-state index contributed by atoms with van der Waals surface area (Å²) in [5.74, 6) is 0. The molecule has 0 atom stereocenters. The molecular weight excluding hydrogens is 224 g/mol. The van der Waals surface area contributed by atoms with E-state index in [1.807, 2.05) is 0 Å². The van der Waals surface area contributed by atoms with Crippen molar-refractivity contribution in [3.63, 3.8) is 0 Å². The Balaban J connectivity index is 3.06. The largest absolute Gasteiger partial charge is 0.288 e. The van der Waals surface area contributed by atoms with E-state index >= 15 is 0 Å². The van der Waals surface area contributed by atoms with Gasteiger partial charge in [0, 0.05) is 6.07 Å². The van der Waals surface area contributed by atoms with Crippen LogP contribution in [0.4, 0.5) is 5.69 Å². The lowest BCUT2D eigenvalue weighted by atomic mass is 10.2. The molecule has 1 rings (SSSR count). The summed E-state index contributed by atoms with van der Waals surface area (Å²) in [5, 5.41) is 12.8. The van der Waals surface area contributed by atoms with Gasteiger partial charge in [-0.1, -0.05) is 17.7 Å². The molecule has 6 heteroatoms. The number of thiocarbonyl (C=S) groups is 1. The van der Waals surface area contributed by atoms with Gasteiger partial charge in [-0.2, -0.15) is 0 Å². The van der Waals surface area contributed by atoms with Crippen LogP contribution in [0, 0.1) is 10.1 Å². The first kappa shape index (κ1) is 10.8. The Labute approximate surface area is 90.4 Å². The third-order valence-electron chi connectivity index (χ3n) is 1.53. The molecule has 4 nitrogen and oxygen atoms in total. The molecule has 0 aliphatic heterocycles. The van der Waals surface area contributed by atoms with Crippen LogP contribution in [0.3, 0.4) is 0 Å². The summed E-state index contributed by atoms with van der Waals surface area (Å²) >= 11 is 10.0. The Kier molecular flexibility index (Phi) is 3.71. The summed E-state index contributed by atoms with van der Waals surface area (Å²) in [4.78, 5) is 13.6. The Hall–Kier alpha value is -1.29. The fraction of sp³-hybridized carbons (Fsp3) is 0.125. The Morgan fingerprint density at radius 3 is 2.93 bits per heavy atom. The predicted molar refractivity (Wildman–Crippen MR) is 56.8 cm³/mol. The van der Waals surface area contributed by atoms with Crippen LogP contribution in [0.15, 0.2) is 23.2 Å². The number of nitrogens with zero attached hydrogens (tertiary/aromatic N) is 2. The topological polar surface area (TPSA) is 55.5 Å². The smallest absolute Gasteiger partial charge is 0.258 e. The van der Waals surface area contributed by atoms with Gasteiger partial charge >= 0.3 is 0 Å². The van der Waals surface area contributed by atoms with Crippen LogP contribution in [0.5, 0.6) is 0 Å². The molecule has 72 valence electrons. The number of aliphatic imine (C=N–C) groups is 1. The Bertz CT molecular complexity index is 416. The molecule has 0 bridgehead atoms. The summed E-state index contributed by atoms with van der Waals surface area (Å²) in [6.45, 7) is 0.279. The molecule has 0 amide bonds. The number of hydrogen-bond acceptors (Lipinski definition) is 4. The monoisotopic (exact) mass is 228 g/mol. The van der Waals surface area contributed by atoms with Crippen LogP contribution in [0.2, 0.25) is 5.02 Å². The third-order valence-corrected chi connectivity index (χ3v) is 1.98. The highest BCUT2D eigenvalue weighted by Crippen LogP contribution is 2.25. The van der Waals surface area contributed by atoms with Gasteiger partial charge in [-0.25, -0.2) is 4.99 Å². The number of halogens is 1. The molecule has 0 N–H and O–H groups in total. The zero-order chi connectivity index (χ0) is 10.6. The maximum Gasteiger partial charge on any atom is 0.288 e. The van der Waals surface area contributed by atoms with Crippen molar-refractivity contribution in [1.29, 1.82) is 0 Å². The second-order valence-corrected chi connectivity index (χ2v) is 3.04. The summed E-state index contributed by atoms with van der Waals surface area (Å²) < 4.78 is 0. The number of benzene rings is 1. The fourth-order valence-electron chi connectivity index (χ4n) is 0.920. The van der Waals surface area contributed by atoms with E-state index in [1.54, 1.807) is 6.07 Å². The maximum atomic E-state index is 10.5. The van der Waals surface area contributed by atoms with E-state index < -0.39 is 4.92 Å². The molecule has 0 aromatic heterocycles. The van der Waals surface area contributed by atoms with Gasteiger partial charge in [0.05, 0.1) is 16.6 Å². The number of nitro groups is 1. The van der Waals surface area contributed by atoms with Gasteiger partial charge in [0.2, 0.25) is 0 Å². The second kappa shape index (κ2) is 4.81. The molecule has 14 heavy (non-hydrogen) atoms. The molecule has 0 fully saturated rings. The predicted octanol–water partition coefficient (Wildman–Crippen LogP) is 2.85. The van der Waals surface area contributed by atoms with Gasteiger partial charge in [-0.05, 0) is 23.8 Å². The lowest BCUT2D eigenvalue weighted by Gasteiger charge is -1.97. The van der Waals surface area contributed by atoms with Crippen molar-refractivity contribution < 1.29 is 4.92 Å². The van der Waals surface area contributed by atoms with Gasteiger partial charge in [0.15, 0.2) is 0 Å². The lowest BCUT2D eigenvalue weighted by molar-refractivity contribution is -0.384. The van der Waals surface area contributed by atoms with E-state index in [0.29, 0.717) is 5.56 Å². The summed E-state index contributed by atoms with van der Waals surface area (Å²) in [6.07, 6.45) is 0. The molecule has 0 heterocycles. The van der Waals surface area contributed by atoms with Gasteiger partial charge in [0.25, 0.3) is 5.69 Å². The van der Waals surface area contributed by atoms with E-state index in [9.17, 15) is 10.1 Å². The van der Waals surface area contributed by atoms with Crippen molar-refractivity contribution in [3.8, 4) is 0 Å². The van der Waals surface area contributed by atoms with Crippen LogP contribution >= 0.6 is 23.8 Å². The molecule has 0 unspecified atom stereocenters. The summed E-state index contributed by atoms with van der Waals surface area (Å²) in [7, 11) is 0. The lowest BCUT2D eigenvalue weighted by Crippen LogP contribution is -1.91. The van der Waals surface area contributed by atoms with Crippen LogP contribution in [0.25, 0.3) is 0 Å². The normalized spacial score (nSPS) is 9.21. The van der Waals surface area contributed by atoms with Gasteiger partial charge in [0.1, 0.15) is 5.02 Å². The standard InChI is InChI=1S/C8H5ClN2O2S/c9-7-2-1-6(4-10-5-14)3-8(7)11(12)13/h1-3H,4H2. The average molecular weight is 229 g/mol. The van der Waals surface area contributed by atoms with Crippen LogP contribution < -0.4 is 0 Å². The third kappa shape index (κ3) is 2.60. The van der Waals surface area contributed by atoms with Gasteiger partial charge < -0.3 is 0 Å². The van der Waals surface area contributed by atoms with E-state index in [1.165, 1.54) is 12.1 Å². The molecule has 0 saturated heterocycles. The molecule has 1 aromatic carbocycles. The number of hydrogen-bond donors (Lipinski definition) is 0. The van der Waals surface area contributed by atoms with Crippen molar-refractivity contribution in [2.45, 2.75) is 6.54 Å². The van der Waals surface area contributed by atoms with Crippen molar-refractivity contribution in [1.82, 2.24) is 0 Å².